The lowest BCUT2D eigenvalue weighted by molar-refractivity contribution is 0.591. The van der Waals surface area contributed by atoms with Gasteiger partial charge in [-0.3, -0.25) is 0 Å². The molecular weight excluding hydrogens is 220 g/mol. The Kier molecular flexibility index (Phi) is 4.79. The van der Waals surface area contributed by atoms with Gasteiger partial charge in [-0.15, -0.1) is 0 Å². The smallest absolute Gasteiger partial charge is 0.128 e. The molecule has 0 aliphatic rings. The molecule has 17 heavy (non-hydrogen) atoms. The van der Waals surface area contributed by atoms with Gasteiger partial charge in [0.15, 0.2) is 0 Å². The number of hydrogen-bond donors (Lipinski definition) is 1. The van der Waals surface area contributed by atoms with E-state index in [9.17, 15) is 8.78 Å². The lowest BCUT2D eigenvalue weighted by Crippen LogP contribution is -2.14. The van der Waals surface area contributed by atoms with E-state index in [4.69, 9.17) is 5.73 Å². The van der Waals surface area contributed by atoms with Crippen LogP contribution in [-0.2, 0) is 0 Å². The number of rotatable bonds is 4. The Bertz CT molecular complexity index is 461. The number of benzene rings is 1. The minimum Gasteiger partial charge on any atom is -0.320 e. The first-order chi connectivity index (χ1) is 8.11. The lowest BCUT2D eigenvalue weighted by Gasteiger charge is -2.14. The Balaban J connectivity index is 3.23. The van der Waals surface area contributed by atoms with E-state index < -0.39 is 17.7 Å². The summed E-state index contributed by atoms with van der Waals surface area (Å²) in [7, 11) is 0. The summed E-state index contributed by atoms with van der Waals surface area (Å²) in [6, 6.07) is 5.23. The van der Waals surface area contributed by atoms with E-state index in [2.05, 4.69) is 6.58 Å². The minimum absolute atomic E-state index is 0.215. The second-order valence-electron chi connectivity index (χ2n) is 3.51. The Morgan fingerprint density at radius 1 is 1.41 bits per heavy atom. The maximum Gasteiger partial charge on any atom is 0.128 e. The molecule has 1 aromatic rings. The van der Waals surface area contributed by atoms with E-state index in [0.29, 0.717) is 0 Å². The molecule has 3 heteroatoms. The van der Waals surface area contributed by atoms with Gasteiger partial charge in [0.2, 0.25) is 0 Å². The van der Waals surface area contributed by atoms with Crippen molar-refractivity contribution in [3.8, 4) is 0 Å². The zero-order valence-electron chi connectivity index (χ0n) is 9.66. The van der Waals surface area contributed by atoms with Crippen LogP contribution >= 0.6 is 0 Å². The van der Waals surface area contributed by atoms with Gasteiger partial charge in [-0.1, -0.05) is 36.9 Å². The summed E-state index contributed by atoms with van der Waals surface area (Å²) in [5.74, 6) is -0.988. The topological polar surface area (TPSA) is 26.0 Å². The molecule has 2 N–H and O–H groups in total. The predicted octanol–water partition coefficient (Wildman–Crippen LogP) is 3.81. The highest BCUT2D eigenvalue weighted by molar-refractivity contribution is 5.38. The maximum atomic E-state index is 13.6. The summed E-state index contributed by atoms with van der Waals surface area (Å²) in [5.41, 5.74) is 6.34. The van der Waals surface area contributed by atoms with Crippen molar-refractivity contribution in [3.05, 3.63) is 71.9 Å². The van der Waals surface area contributed by atoms with Gasteiger partial charge in [0.05, 0.1) is 6.04 Å². The van der Waals surface area contributed by atoms with Crippen LogP contribution in [0.4, 0.5) is 8.78 Å². The molecule has 0 radical (unpaired) electrons. The van der Waals surface area contributed by atoms with E-state index in [1.807, 2.05) is 0 Å². The van der Waals surface area contributed by atoms with Crippen molar-refractivity contribution in [1.29, 1.82) is 0 Å². The maximum absolute atomic E-state index is 13.6. The van der Waals surface area contributed by atoms with Crippen LogP contribution < -0.4 is 5.73 Å². The second kappa shape index (κ2) is 6.11. The first-order valence-corrected chi connectivity index (χ1v) is 5.26. The molecule has 0 saturated heterocycles. The number of halogens is 2. The third-order valence-electron chi connectivity index (χ3n) is 2.38. The summed E-state index contributed by atoms with van der Waals surface area (Å²) in [5, 5.41) is 0. The zero-order valence-corrected chi connectivity index (χ0v) is 9.66. The molecule has 1 nitrogen and oxygen atoms in total. The third kappa shape index (κ3) is 3.11. The van der Waals surface area contributed by atoms with E-state index >= 15 is 0 Å². The van der Waals surface area contributed by atoms with E-state index in [-0.39, 0.29) is 11.1 Å². The zero-order chi connectivity index (χ0) is 12.8. The third-order valence-corrected chi connectivity index (χ3v) is 2.38. The van der Waals surface area contributed by atoms with Gasteiger partial charge < -0.3 is 5.73 Å². The molecule has 1 unspecified atom stereocenters. The summed E-state index contributed by atoms with van der Waals surface area (Å²) in [6.45, 7) is 5.09. The number of nitrogens with two attached hydrogens (primary N) is 1. The quantitative estimate of drug-likeness (QED) is 0.789. The van der Waals surface area contributed by atoms with Crippen molar-refractivity contribution >= 4 is 0 Å². The second-order valence-corrected chi connectivity index (χ2v) is 3.51. The SMILES string of the molecule is C=C/C(F)=C(\C=C/C)C(N)c1ccccc1F. The van der Waals surface area contributed by atoms with Crippen LogP contribution in [0.3, 0.4) is 0 Å². The highest BCUT2D eigenvalue weighted by Gasteiger charge is 2.16. The van der Waals surface area contributed by atoms with Crippen LogP contribution in [0.1, 0.15) is 18.5 Å². The van der Waals surface area contributed by atoms with Gasteiger partial charge in [-0.2, -0.15) is 0 Å². The summed E-state index contributed by atoms with van der Waals surface area (Å²) < 4.78 is 27.1. The highest BCUT2D eigenvalue weighted by atomic mass is 19.1. The molecule has 0 spiro atoms. The molecule has 90 valence electrons. The van der Waals surface area contributed by atoms with Crippen LogP contribution in [0.5, 0.6) is 0 Å². The number of hydrogen-bond acceptors (Lipinski definition) is 1. The van der Waals surface area contributed by atoms with Gasteiger partial charge in [-0.05, 0) is 19.1 Å². The monoisotopic (exact) mass is 235 g/mol. The van der Waals surface area contributed by atoms with Crippen LogP contribution in [0.25, 0.3) is 0 Å². The summed E-state index contributed by atoms with van der Waals surface area (Å²) in [4.78, 5) is 0. The normalized spacial score (nSPS) is 14.6. The number of allylic oxidation sites excluding steroid dienone is 3. The fourth-order valence-electron chi connectivity index (χ4n) is 1.52. The van der Waals surface area contributed by atoms with E-state index in [0.717, 1.165) is 6.08 Å². The fraction of sp³-hybridized carbons (Fsp3) is 0.143. The summed E-state index contributed by atoms with van der Waals surface area (Å²) in [6.07, 6.45) is 4.24. The van der Waals surface area contributed by atoms with Gasteiger partial charge >= 0.3 is 0 Å². The molecule has 1 aromatic carbocycles. The Hall–Kier alpha value is -1.74. The van der Waals surface area contributed by atoms with Gasteiger partial charge in [-0.25, -0.2) is 8.78 Å². The predicted molar refractivity (Wildman–Crippen MR) is 66.5 cm³/mol. The Morgan fingerprint density at radius 2 is 2.06 bits per heavy atom. The average molecular weight is 235 g/mol. The van der Waals surface area contributed by atoms with Crippen molar-refractivity contribution in [2.24, 2.45) is 5.73 Å². The van der Waals surface area contributed by atoms with Crippen LogP contribution in [0, 0.1) is 5.82 Å². The molecule has 0 fully saturated rings. The molecule has 1 atom stereocenters. The first-order valence-electron chi connectivity index (χ1n) is 5.26. The lowest BCUT2D eigenvalue weighted by atomic mass is 9.97. The molecule has 0 amide bonds. The molecule has 0 aromatic heterocycles. The van der Waals surface area contributed by atoms with Gasteiger partial charge in [0, 0.05) is 11.1 Å². The summed E-state index contributed by atoms with van der Waals surface area (Å²) >= 11 is 0. The Labute approximate surface area is 100.0 Å². The largest absolute Gasteiger partial charge is 0.320 e. The van der Waals surface area contributed by atoms with Crippen molar-refractivity contribution in [3.63, 3.8) is 0 Å². The molecule has 0 saturated carbocycles. The van der Waals surface area contributed by atoms with Crippen molar-refractivity contribution in [2.45, 2.75) is 13.0 Å². The van der Waals surface area contributed by atoms with E-state index in [1.165, 1.54) is 12.1 Å². The van der Waals surface area contributed by atoms with Crippen molar-refractivity contribution < 1.29 is 8.78 Å². The van der Waals surface area contributed by atoms with Gasteiger partial charge in [0.25, 0.3) is 0 Å². The average Bonchev–Trinajstić information content (AvgIpc) is 2.35. The first kappa shape index (κ1) is 13.3. The highest BCUT2D eigenvalue weighted by Crippen LogP contribution is 2.26. The molecule has 0 aliphatic heterocycles. The van der Waals surface area contributed by atoms with Crippen LogP contribution in [-0.4, -0.2) is 0 Å². The van der Waals surface area contributed by atoms with E-state index in [1.54, 1.807) is 31.2 Å². The standard InChI is InChI=1S/C14H15F2N/c1-3-7-10(12(15)4-2)14(17)11-8-5-6-9-13(11)16/h3-9,14H,2,17H2,1H3/b7-3-,12-10-. The molecule has 0 heterocycles. The van der Waals surface area contributed by atoms with Crippen molar-refractivity contribution in [1.82, 2.24) is 0 Å². The molecule has 0 aliphatic carbocycles. The van der Waals surface area contributed by atoms with Gasteiger partial charge in [0.1, 0.15) is 11.6 Å². The molecule has 1 rings (SSSR count). The van der Waals surface area contributed by atoms with Crippen molar-refractivity contribution in [2.75, 3.05) is 0 Å². The molecular formula is C14H15F2N. The fourth-order valence-corrected chi connectivity index (χ4v) is 1.52. The van der Waals surface area contributed by atoms with Crippen LogP contribution in [0.15, 0.2) is 60.5 Å². The Morgan fingerprint density at radius 3 is 2.59 bits per heavy atom. The molecule has 0 bridgehead atoms. The minimum atomic E-state index is -0.842. The van der Waals surface area contributed by atoms with Crippen LogP contribution in [0.2, 0.25) is 0 Å².